The maximum Gasteiger partial charge on any atom is 0.290 e. The molecule has 0 aliphatic carbocycles. The number of carbonyl (C=O) groups is 2. The van der Waals surface area contributed by atoms with Crippen molar-refractivity contribution in [3.05, 3.63) is 93.6 Å². The highest BCUT2D eigenvalue weighted by Crippen LogP contribution is 2.40. The van der Waals surface area contributed by atoms with Crippen molar-refractivity contribution < 1.29 is 14.7 Å². The standard InChI is InChI=1S/C25H25N3O3S/c1-3-27(4-2)19-9-7-18(8-10-19)22-21(23(29)20-6-5-15-32-20)24(30)25(31)28(22)16-17-11-13-26-14-12-17/h5-15,22,30H,3-4,16H2,1-2H3. The Bertz CT molecular complexity index is 1120. The lowest BCUT2D eigenvalue weighted by Gasteiger charge is -2.28. The van der Waals surface area contributed by atoms with Crippen LogP contribution in [0.2, 0.25) is 0 Å². The van der Waals surface area contributed by atoms with Crippen molar-refractivity contribution in [2.24, 2.45) is 0 Å². The number of rotatable bonds is 8. The van der Waals surface area contributed by atoms with Crippen LogP contribution in [0.25, 0.3) is 0 Å². The molecular formula is C25H25N3O3S. The minimum Gasteiger partial charge on any atom is -0.503 e. The third kappa shape index (κ3) is 4.03. The average molecular weight is 448 g/mol. The second kappa shape index (κ2) is 9.36. The number of aliphatic hydroxyl groups is 1. The number of amides is 1. The number of benzene rings is 1. The van der Waals surface area contributed by atoms with Crippen LogP contribution in [0.5, 0.6) is 0 Å². The maximum absolute atomic E-state index is 13.3. The first-order valence-electron chi connectivity index (χ1n) is 10.6. The molecule has 1 aliphatic heterocycles. The van der Waals surface area contributed by atoms with Crippen molar-refractivity contribution in [3.8, 4) is 0 Å². The summed E-state index contributed by atoms with van der Waals surface area (Å²) >= 11 is 1.30. The van der Waals surface area contributed by atoms with E-state index in [1.54, 1.807) is 29.4 Å². The molecule has 32 heavy (non-hydrogen) atoms. The SMILES string of the molecule is CCN(CC)c1ccc(C2C(C(=O)c3cccs3)=C(O)C(=O)N2Cc2ccncc2)cc1. The van der Waals surface area contributed by atoms with Crippen LogP contribution in [0.4, 0.5) is 5.69 Å². The Morgan fingerprint density at radius 2 is 1.78 bits per heavy atom. The number of carbonyl (C=O) groups excluding carboxylic acids is 2. The molecule has 0 saturated heterocycles. The van der Waals surface area contributed by atoms with Gasteiger partial charge in [-0.25, -0.2) is 0 Å². The van der Waals surface area contributed by atoms with E-state index in [-0.39, 0.29) is 17.9 Å². The van der Waals surface area contributed by atoms with E-state index in [0.717, 1.165) is 29.9 Å². The molecule has 0 radical (unpaired) electrons. The molecule has 3 heterocycles. The third-order valence-corrected chi connectivity index (χ3v) is 6.60. The number of Topliss-reactive ketones (excluding diaryl/α,β-unsaturated/α-hetero) is 1. The first-order chi connectivity index (χ1) is 15.5. The van der Waals surface area contributed by atoms with Gasteiger partial charge in [0.05, 0.1) is 16.5 Å². The monoisotopic (exact) mass is 447 g/mol. The lowest BCUT2D eigenvalue weighted by atomic mass is 9.95. The molecule has 2 aromatic heterocycles. The van der Waals surface area contributed by atoms with Gasteiger partial charge in [-0.15, -0.1) is 11.3 Å². The number of aliphatic hydroxyl groups excluding tert-OH is 1. The zero-order valence-corrected chi connectivity index (χ0v) is 18.9. The molecule has 0 spiro atoms. The van der Waals surface area contributed by atoms with Crippen molar-refractivity contribution in [3.63, 3.8) is 0 Å². The predicted molar refractivity (Wildman–Crippen MR) is 126 cm³/mol. The summed E-state index contributed by atoms with van der Waals surface area (Å²) in [6.45, 7) is 6.22. The van der Waals surface area contributed by atoms with Crippen LogP contribution < -0.4 is 4.90 Å². The lowest BCUT2D eigenvalue weighted by Crippen LogP contribution is -2.30. The largest absolute Gasteiger partial charge is 0.503 e. The van der Waals surface area contributed by atoms with Crippen LogP contribution in [0.1, 0.15) is 40.7 Å². The predicted octanol–water partition coefficient (Wildman–Crippen LogP) is 4.77. The van der Waals surface area contributed by atoms with Crippen molar-refractivity contribution in [2.45, 2.75) is 26.4 Å². The second-order valence-corrected chi connectivity index (χ2v) is 8.47. The number of anilines is 1. The summed E-state index contributed by atoms with van der Waals surface area (Å²) in [6, 6.07) is 14.3. The summed E-state index contributed by atoms with van der Waals surface area (Å²) in [7, 11) is 0. The molecule has 1 unspecified atom stereocenters. The van der Waals surface area contributed by atoms with Gasteiger partial charge in [0.2, 0.25) is 5.78 Å². The molecule has 1 aromatic carbocycles. The van der Waals surface area contributed by atoms with E-state index < -0.39 is 17.7 Å². The average Bonchev–Trinajstić information content (AvgIpc) is 3.44. The summed E-state index contributed by atoms with van der Waals surface area (Å²) in [5, 5.41) is 12.6. The van der Waals surface area contributed by atoms with Crippen LogP contribution >= 0.6 is 11.3 Å². The molecule has 0 bridgehead atoms. The summed E-state index contributed by atoms with van der Waals surface area (Å²) in [6.07, 6.45) is 3.32. The minimum atomic E-state index is -0.670. The fourth-order valence-corrected chi connectivity index (χ4v) is 4.75. The fourth-order valence-electron chi connectivity index (χ4n) is 4.08. The van der Waals surface area contributed by atoms with Crippen LogP contribution in [0.3, 0.4) is 0 Å². The molecule has 1 aliphatic rings. The topological polar surface area (TPSA) is 73.7 Å². The number of thiophene rings is 1. The van der Waals surface area contributed by atoms with E-state index in [4.69, 9.17) is 0 Å². The number of hydrogen-bond acceptors (Lipinski definition) is 6. The van der Waals surface area contributed by atoms with Crippen LogP contribution in [-0.4, -0.2) is 39.8 Å². The molecule has 7 heteroatoms. The molecule has 6 nitrogen and oxygen atoms in total. The van der Waals surface area contributed by atoms with Gasteiger partial charge in [-0.05, 0) is 60.7 Å². The number of ketones is 1. The van der Waals surface area contributed by atoms with Crippen LogP contribution in [0, 0.1) is 0 Å². The molecule has 1 amide bonds. The summed E-state index contributed by atoms with van der Waals surface area (Å²) in [4.78, 5) is 34.7. The normalized spacial score (nSPS) is 16.0. The molecule has 164 valence electrons. The zero-order chi connectivity index (χ0) is 22.7. The third-order valence-electron chi connectivity index (χ3n) is 5.73. The Kier molecular flexibility index (Phi) is 6.37. The Morgan fingerprint density at radius 3 is 2.38 bits per heavy atom. The molecule has 1 atom stereocenters. The van der Waals surface area contributed by atoms with Gasteiger partial charge in [-0.1, -0.05) is 18.2 Å². The number of hydrogen-bond donors (Lipinski definition) is 1. The highest BCUT2D eigenvalue weighted by Gasteiger charge is 2.44. The molecule has 0 fully saturated rings. The van der Waals surface area contributed by atoms with Crippen molar-refractivity contribution in [1.29, 1.82) is 0 Å². The van der Waals surface area contributed by atoms with Crippen molar-refractivity contribution in [1.82, 2.24) is 9.88 Å². The van der Waals surface area contributed by atoms with Gasteiger partial charge in [0.15, 0.2) is 5.76 Å². The summed E-state index contributed by atoms with van der Waals surface area (Å²) in [5.41, 5.74) is 2.85. The molecule has 3 aromatic rings. The first kappa shape index (κ1) is 21.8. The van der Waals surface area contributed by atoms with Gasteiger partial charge < -0.3 is 14.9 Å². The quantitative estimate of drug-likeness (QED) is 0.504. The van der Waals surface area contributed by atoms with Crippen LogP contribution in [0.15, 0.2) is 77.6 Å². The van der Waals surface area contributed by atoms with Crippen molar-refractivity contribution >= 4 is 28.7 Å². The molecule has 4 rings (SSSR count). The van der Waals surface area contributed by atoms with E-state index in [2.05, 4.69) is 23.7 Å². The molecule has 0 saturated carbocycles. The second-order valence-electron chi connectivity index (χ2n) is 7.52. The first-order valence-corrected chi connectivity index (χ1v) is 11.5. The Labute approximate surface area is 191 Å². The number of nitrogens with zero attached hydrogens (tertiary/aromatic N) is 3. The highest BCUT2D eigenvalue weighted by atomic mass is 32.1. The summed E-state index contributed by atoms with van der Waals surface area (Å²) < 4.78 is 0. The van der Waals surface area contributed by atoms with Crippen molar-refractivity contribution in [2.75, 3.05) is 18.0 Å². The molecular weight excluding hydrogens is 422 g/mol. The van der Waals surface area contributed by atoms with Gasteiger partial charge in [0.1, 0.15) is 0 Å². The lowest BCUT2D eigenvalue weighted by molar-refractivity contribution is -0.130. The van der Waals surface area contributed by atoms with Crippen LogP contribution in [-0.2, 0) is 11.3 Å². The number of pyridine rings is 1. The Hall–Kier alpha value is -3.45. The highest BCUT2D eigenvalue weighted by molar-refractivity contribution is 7.12. The van der Waals surface area contributed by atoms with Gasteiger partial charge >= 0.3 is 0 Å². The van der Waals surface area contributed by atoms with Gasteiger partial charge in [-0.3, -0.25) is 14.6 Å². The van der Waals surface area contributed by atoms with Gasteiger partial charge in [0, 0.05) is 37.7 Å². The molecule has 1 N–H and O–H groups in total. The number of aromatic nitrogens is 1. The van der Waals surface area contributed by atoms with Gasteiger partial charge in [0.25, 0.3) is 5.91 Å². The minimum absolute atomic E-state index is 0.127. The van der Waals surface area contributed by atoms with Gasteiger partial charge in [-0.2, -0.15) is 0 Å². The van der Waals surface area contributed by atoms with E-state index >= 15 is 0 Å². The maximum atomic E-state index is 13.3. The van der Waals surface area contributed by atoms with E-state index in [1.807, 2.05) is 41.8 Å². The van der Waals surface area contributed by atoms with E-state index in [9.17, 15) is 14.7 Å². The Morgan fingerprint density at radius 1 is 1.09 bits per heavy atom. The van der Waals surface area contributed by atoms with E-state index in [0.29, 0.717) is 4.88 Å². The fraction of sp³-hybridized carbons (Fsp3) is 0.240. The summed E-state index contributed by atoms with van der Waals surface area (Å²) in [5.74, 6) is -1.34. The Balaban J connectivity index is 1.76. The van der Waals surface area contributed by atoms with E-state index in [1.165, 1.54) is 11.3 Å². The smallest absolute Gasteiger partial charge is 0.290 e. The zero-order valence-electron chi connectivity index (χ0n) is 18.1.